The average Bonchev–Trinajstić information content (AvgIpc) is 2.40. The van der Waals surface area contributed by atoms with Crippen molar-refractivity contribution in [3.63, 3.8) is 0 Å². The van der Waals surface area contributed by atoms with Crippen LogP contribution in [0.4, 0.5) is 23.0 Å². The van der Waals surface area contributed by atoms with Crippen LogP contribution in [0.25, 0.3) is 0 Å². The van der Waals surface area contributed by atoms with Crippen LogP contribution in [-0.2, 0) is 4.79 Å². The number of nitro benzene ring substituents is 1. The largest absolute Gasteiger partial charge is 0.334 e. The molecule has 0 aliphatic carbocycles. The number of carbonyl (C=O) groups excluding carboxylic acids is 1. The van der Waals surface area contributed by atoms with Crippen molar-refractivity contribution in [1.29, 1.82) is 0 Å². The highest BCUT2D eigenvalue weighted by Crippen LogP contribution is 2.26. The second-order valence-corrected chi connectivity index (χ2v) is 3.41. The molecule has 8 heteroatoms. The quantitative estimate of drug-likeness (QED) is 0.479. The highest BCUT2D eigenvalue weighted by molar-refractivity contribution is 5.73. The molecule has 0 aliphatic heterocycles. The number of para-hydroxylation sites is 2. The summed E-state index contributed by atoms with van der Waals surface area (Å²) in [6.07, 6.45) is 2.70. The summed E-state index contributed by atoms with van der Waals surface area (Å²) in [6, 6.07) is 7.59. The van der Waals surface area contributed by atoms with Crippen molar-refractivity contribution in [2.24, 2.45) is 0 Å². The number of hydrogen-bond donors (Lipinski definition) is 2. The van der Waals surface area contributed by atoms with Gasteiger partial charge in [-0.05, 0) is 6.07 Å². The van der Waals surface area contributed by atoms with E-state index < -0.39 is 4.92 Å². The molecule has 1 aromatic heterocycles. The SMILES string of the molecule is O=[C]Nc1cc(Nc2ccccc2[N+](=O)[O-])ncn1. The topological polar surface area (TPSA) is 110 Å². The van der Waals surface area contributed by atoms with Gasteiger partial charge in [-0.1, -0.05) is 12.1 Å². The number of rotatable bonds is 5. The summed E-state index contributed by atoms with van der Waals surface area (Å²) >= 11 is 0. The lowest BCUT2D eigenvalue weighted by Crippen LogP contribution is -2.01. The highest BCUT2D eigenvalue weighted by atomic mass is 16.6. The molecule has 2 N–H and O–H groups in total. The Morgan fingerprint density at radius 1 is 1.21 bits per heavy atom. The van der Waals surface area contributed by atoms with E-state index in [1.807, 2.05) is 0 Å². The van der Waals surface area contributed by atoms with Crippen LogP contribution in [0.2, 0.25) is 0 Å². The van der Waals surface area contributed by atoms with Crippen LogP contribution in [0.15, 0.2) is 36.7 Å². The van der Waals surface area contributed by atoms with E-state index in [1.165, 1.54) is 24.9 Å². The zero-order valence-electron chi connectivity index (χ0n) is 9.53. The Kier molecular flexibility index (Phi) is 3.62. The molecule has 0 saturated heterocycles. The van der Waals surface area contributed by atoms with E-state index in [0.29, 0.717) is 11.5 Å². The molecule has 0 bridgehead atoms. The monoisotopic (exact) mass is 258 g/mol. The molecular weight excluding hydrogens is 250 g/mol. The fraction of sp³-hybridized carbons (Fsp3) is 0. The minimum atomic E-state index is -0.498. The minimum Gasteiger partial charge on any atom is -0.334 e. The van der Waals surface area contributed by atoms with Crippen molar-refractivity contribution in [3.8, 4) is 0 Å². The first-order chi connectivity index (χ1) is 9.20. The smallest absolute Gasteiger partial charge is 0.315 e. The molecule has 0 saturated carbocycles. The van der Waals surface area contributed by atoms with Crippen molar-refractivity contribution < 1.29 is 9.72 Å². The Balaban J connectivity index is 2.28. The molecule has 1 radical (unpaired) electrons. The molecule has 1 heterocycles. The van der Waals surface area contributed by atoms with Crippen LogP contribution in [0.5, 0.6) is 0 Å². The van der Waals surface area contributed by atoms with Gasteiger partial charge in [-0.2, -0.15) is 0 Å². The van der Waals surface area contributed by atoms with E-state index in [9.17, 15) is 14.9 Å². The predicted octanol–water partition coefficient (Wildman–Crippen LogP) is 1.61. The fourth-order valence-corrected chi connectivity index (χ4v) is 1.42. The third-order valence-electron chi connectivity index (χ3n) is 2.21. The average molecular weight is 258 g/mol. The molecule has 0 atom stereocenters. The highest BCUT2D eigenvalue weighted by Gasteiger charge is 2.12. The summed E-state index contributed by atoms with van der Waals surface area (Å²) in [6.45, 7) is 0. The normalized spacial score (nSPS) is 9.68. The van der Waals surface area contributed by atoms with Gasteiger partial charge in [0.15, 0.2) is 0 Å². The second-order valence-electron chi connectivity index (χ2n) is 3.41. The van der Waals surface area contributed by atoms with E-state index in [4.69, 9.17) is 0 Å². The summed E-state index contributed by atoms with van der Waals surface area (Å²) in [4.78, 5) is 28.2. The number of hydrogen-bond acceptors (Lipinski definition) is 6. The summed E-state index contributed by atoms with van der Waals surface area (Å²) in [7, 11) is 0. The van der Waals surface area contributed by atoms with Crippen molar-refractivity contribution in [2.75, 3.05) is 10.6 Å². The van der Waals surface area contributed by atoms with Crippen molar-refractivity contribution in [2.45, 2.75) is 0 Å². The first kappa shape index (κ1) is 12.4. The standard InChI is InChI=1S/C11H8N5O3/c17-7-14-10-5-11(13-6-12-10)15-8-3-1-2-4-9(8)16(18)19/h1-6H,(H2,12,13,14,15,17). The van der Waals surface area contributed by atoms with E-state index in [2.05, 4.69) is 20.6 Å². The predicted molar refractivity (Wildman–Crippen MR) is 67.7 cm³/mol. The van der Waals surface area contributed by atoms with Gasteiger partial charge in [-0.15, -0.1) is 0 Å². The van der Waals surface area contributed by atoms with Crippen LogP contribution in [0.3, 0.4) is 0 Å². The Morgan fingerprint density at radius 2 is 1.95 bits per heavy atom. The second kappa shape index (κ2) is 5.54. The van der Waals surface area contributed by atoms with Gasteiger partial charge in [-0.25, -0.2) is 9.97 Å². The number of amides is 1. The molecule has 1 aromatic carbocycles. The van der Waals surface area contributed by atoms with Crippen LogP contribution in [-0.4, -0.2) is 21.3 Å². The third-order valence-corrected chi connectivity index (χ3v) is 2.21. The van der Waals surface area contributed by atoms with E-state index in [1.54, 1.807) is 18.2 Å². The lowest BCUT2D eigenvalue weighted by atomic mass is 10.2. The number of nitro groups is 1. The van der Waals surface area contributed by atoms with Gasteiger partial charge in [0, 0.05) is 12.1 Å². The maximum Gasteiger partial charge on any atom is 0.315 e. The molecular formula is C11H8N5O3. The Bertz CT molecular complexity index is 617. The Labute approximate surface area is 107 Å². The molecule has 1 amide bonds. The molecule has 19 heavy (non-hydrogen) atoms. The zero-order valence-corrected chi connectivity index (χ0v) is 9.53. The van der Waals surface area contributed by atoms with Gasteiger partial charge in [0.2, 0.25) is 0 Å². The van der Waals surface area contributed by atoms with Crippen LogP contribution in [0.1, 0.15) is 0 Å². The Morgan fingerprint density at radius 3 is 2.68 bits per heavy atom. The maximum atomic E-state index is 10.9. The van der Waals surface area contributed by atoms with Gasteiger partial charge in [-0.3, -0.25) is 14.9 Å². The fourth-order valence-electron chi connectivity index (χ4n) is 1.42. The summed E-state index contributed by atoms with van der Waals surface area (Å²) in [5.41, 5.74) is 0.227. The van der Waals surface area contributed by atoms with Crippen molar-refractivity contribution >= 4 is 29.4 Å². The summed E-state index contributed by atoms with van der Waals surface area (Å²) < 4.78 is 0. The number of nitrogens with zero attached hydrogens (tertiary/aromatic N) is 3. The molecule has 95 valence electrons. The van der Waals surface area contributed by atoms with Crippen molar-refractivity contribution in [1.82, 2.24) is 9.97 Å². The van der Waals surface area contributed by atoms with E-state index >= 15 is 0 Å². The van der Waals surface area contributed by atoms with Crippen molar-refractivity contribution in [3.05, 3.63) is 46.8 Å². The maximum absolute atomic E-state index is 10.9. The van der Waals surface area contributed by atoms with Crippen LogP contribution >= 0.6 is 0 Å². The lowest BCUT2D eigenvalue weighted by molar-refractivity contribution is -0.383. The Hall–Kier alpha value is -3.03. The van der Waals surface area contributed by atoms with Gasteiger partial charge in [0.1, 0.15) is 23.7 Å². The number of anilines is 3. The van der Waals surface area contributed by atoms with Gasteiger partial charge in [0.25, 0.3) is 5.69 Å². The van der Waals surface area contributed by atoms with Gasteiger partial charge in [0.05, 0.1) is 4.92 Å². The molecule has 8 nitrogen and oxygen atoms in total. The first-order valence-electron chi connectivity index (χ1n) is 5.16. The number of benzene rings is 1. The molecule has 0 fully saturated rings. The first-order valence-corrected chi connectivity index (χ1v) is 5.16. The minimum absolute atomic E-state index is 0.0717. The van der Waals surface area contributed by atoms with Gasteiger partial charge >= 0.3 is 6.41 Å². The van der Waals surface area contributed by atoms with Gasteiger partial charge < -0.3 is 10.6 Å². The summed E-state index contributed by atoms with van der Waals surface area (Å²) in [5, 5.41) is 15.9. The molecule has 0 unspecified atom stereocenters. The molecule has 0 aliphatic rings. The number of nitrogens with one attached hydrogen (secondary N) is 2. The zero-order chi connectivity index (χ0) is 13.7. The lowest BCUT2D eigenvalue weighted by Gasteiger charge is -2.06. The van der Waals surface area contributed by atoms with Crippen LogP contribution < -0.4 is 10.6 Å². The van der Waals surface area contributed by atoms with Crippen LogP contribution in [0, 0.1) is 10.1 Å². The summed E-state index contributed by atoms with van der Waals surface area (Å²) in [5.74, 6) is 0.563. The van der Waals surface area contributed by atoms with E-state index in [-0.39, 0.29) is 11.5 Å². The number of aromatic nitrogens is 2. The molecule has 2 aromatic rings. The molecule has 0 spiro atoms. The third kappa shape index (κ3) is 3.00. The molecule has 2 rings (SSSR count). The van der Waals surface area contributed by atoms with E-state index in [0.717, 1.165) is 0 Å².